The van der Waals surface area contributed by atoms with Crippen LogP contribution >= 0.6 is 24.0 Å². The number of aromatic nitrogens is 2. The molecule has 0 atom stereocenters. The largest absolute Gasteiger partial charge is 0.444 e. The third kappa shape index (κ3) is 5.63. The molecule has 0 spiro atoms. The highest BCUT2D eigenvalue weighted by Crippen LogP contribution is 2.07. The summed E-state index contributed by atoms with van der Waals surface area (Å²) in [5.74, 6) is 2.23. The highest BCUT2D eigenvalue weighted by molar-refractivity contribution is 14.0. The summed E-state index contributed by atoms with van der Waals surface area (Å²) >= 11 is 0. The van der Waals surface area contributed by atoms with Crippen LogP contribution in [0.25, 0.3) is 0 Å². The molecule has 2 heterocycles. The van der Waals surface area contributed by atoms with Crippen LogP contribution in [0, 0.1) is 13.8 Å². The normalized spacial score (nSPS) is 11.0. The van der Waals surface area contributed by atoms with E-state index < -0.39 is 0 Å². The Morgan fingerprint density at radius 2 is 2.09 bits per heavy atom. The Morgan fingerprint density at radius 1 is 1.27 bits per heavy atom. The molecular formula is C15H22IN5O. The lowest BCUT2D eigenvalue weighted by Crippen LogP contribution is -2.36. The third-order valence-corrected chi connectivity index (χ3v) is 2.95. The van der Waals surface area contributed by atoms with Crippen LogP contribution in [0.3, 0.4) is 0 Å². The van der Waals surface area contributed by atoms with Crippen LogP contribution in [0.15, 0.2) is 33.8 Å². The fraction of sp³-hybridized carbons (Fsp3) is 0.400. The molecule has 0 aromatic carbocycles. The molecule has 2 aromatic rings. The van der Waals surface area contributed by atoms with Gasteiger partial charge in [-0.05, 0) is 32.9 Å². The van der Waals surface area contributed by atoms with E-state index >= 15 is 0 Å². The van der Waals surface area contributed by atoms with Crippen LogP contribution in [0.4, 0.5) is 0 Å². The number of guanidine groups is 1. The van der Waals surface area contributed by atoms with E-state index in [1.807, 2.05) is 39.0 Å². The number of hydrogen-bond donors (Lipinski definition) is 2. The molecule has 2 N–H and O–H groups in total. The van der Waals surface area contributed by atoms with Crippen LogP contribution < -0.4 is 10.6 Å². The molecule has 0 saturated carbocycles. The minimum atomic E-state index is 0. The molecule has 6 nitrogen and oxygen atoms in total. The summed E-state index contributed by atoms with van der Waals surface area (Å²) in [6.45, 7) is 7.69. The van der Waals surface area contributed by atoms with Crippen molar-refractivity contribution in [3.05, 3.63) is 47.4 Å². The van der Waals surface area contributed by atoms with Gasteiger partial charge in [0, 0.05) is 12.7 Å². The molecule has 0 radical (unpaired) electrons. The number of hydrogen-bond acceptors (Lipinski definition) is 4. The molecule has 22 heavy (non-hydrogen) atoms. The predicted octanol–water partition coefficient (Wildman–Crippen LogP) is 2.56. The van der Waals surface area contributed by atoms with Gasteiger partial charge in [0.2, 0.25) is 5.89 Å². The molecule has 0 aliphatic carbocycles. The maximum atomic E-state index is 5.54. The number of aliphatic imine (C=N–C) groups is 1. The Bertz CT molecular complexity index is 578. The summed E-state index contributed by atoms with van der Waals surface area (Å²) in [4.78, 5) is 13.1. The van der Waals surface area contributed by atoms with Crippen LogP contribution in [0.5, 0.6) is 0 Å². The minimum Gasteiger partial charge on any atom is -0.444 e. The van der Waals surface area contributed by atoms with Crippen LogP contribution in [0.1, 0.15) is 30.0 Å². The highest BCUT2D eigenvalue weighted by Gasteiger charge is 2.06. The highest BCUT2D eigenvalue weighted by atomic mass is 127. The molecule has 7 heteroatoms. The average Bonchev–Trinajstić information content (AvgIpc) is 2.82. The predicted molar refractivity (Wildman–Crippen MR) is 97.3 cm³/mol. The average molecular weight is 415 g/mol. The van der Waals surface area contributed by atoms with Crippen molar-refractivity contribution < 1.29 is 4.42 Å². The zero-order valence-electron chi connectivity index (χ0n) is 13.1. The first-order valence-electron chi connectivity index (χ1n) is 7.04. The second-order valence-electron chi connectivity index (χ2n) is 4.62. The Balaban J connectivity index is 0.00000242. The molecule has 0 unspecified atom stereocenters. The van der Waals surface area contributed by atoms with Gasteiger partial charge in [-0.15, -0.1) is 24.0 Å². The Kier molecular flexibility index (Phi) is 7.86. The first-order valence-corrected chi connectivity index (χ1v) is 7.04. The quantitative estimate of drug-likeness (QED) is 0.446. The van der Waals surface area contributed by atoms with Gasteiger partial charge in [-0.3, -0.25) is 4.98 Å². The maximum absolute atomic E-state index is 5.54. The molecule has 2 rings (SSSR count). The number of nitrogens with one attached hydrogen (secondary N) is 2. The SMILES string of the molecule is CCNC(=NCc1ccccn1)NCc1nc(C)c(C)o1.I. The van der Waals surface area contributed by atoms with E-state index in [0.717, 1.165) is 29.7 Å². The van der Waals surface area contributed by atoms with Gasteiger partial charge in [0.05, 0.1) is 24.5 Å². The first kappa shape index (κ1) is 18.4. The fourth-order valence-electron chi connectivity index (χ4n) is 1.77. The number of rotatable bonds is 5. The minimum absolute atomic E-state index is 0. The van der Waals surface area contributed by atoms with Gasteiger partial charge >= 0.3 is 0 Å². The summed E-state index contributed by atoms with van der Waals surface area (Å²) in [6.07, 6.45) is 1.77. The standard InChI is InChI=1S/C15H21N5O.HI/c1-4-16-15(18-9-13-7-5-6-8-17-13)19-10-14-20-11(2)12(3)21-14;/h5-8H,4,9-10H2,1-3H3,(H2,16,18,19);1H. The molecule has 0 fully saturated rings. The lowest BCUT2D eigenvalue weighted by molar-refractivity contribution is 0.463. The van der Waals surface area contributed by atoms with Crippen molar-refractivity contribution in [2.45, 2.75) is 33.9 Å². The summed E-state index contributed by atoms with van der Waals surface area (Å²) in [7, 11) is 0. The fourth-order valence-corrected chi connectivity index (χ4v) is 1.77. The summed E-state index contributed by atoms with van der Waals surface area (Å²) in [5.41, 5.74) is 1.85. The monoisotopic (exact) mass is 415 g/mol. The number of halogens is 1. The van der Waals surface area contributed by atoms with Crippen molar-refractivity contribution in [1.29, 1.82) is 0 Å². The van der Waals surface area contributed by atoms with Crippen molar-refractivity contribution >= 4 is 29.9 Å². The maximum Gasteiger partial charge on any atom is 0.214 e. The van der Waals surface area contributed by atoms with Gasteiger partial charge in [0.25, 0.3) is 0 Å². The van der Waals surface area contributed by atoms with Crippen molar-refractivity contribution in [2.75, 3.05) is 6.54 Å². The van der Waals surface area contributed by atoms with E-state index in [0.29, 0.717) is 19.0 Å². The van der Waals surface area contributed by atoms with Crippen molar-refractivity contribution in [1.82, 2.24) is 20.6 Å². The van der Waals surface area contributed by atoms with Crippen molar-refractivity contribution in [2.24, 2.45) is 4.99 Å². The van der Waals surface area contributed by atoms with E-state index in [1.54, 1.807) is 6.20 Å². The summed E-state index contributed by atoms with van der Waals surface area (Å²) in [6, 6.07) is 5.80. The molecule has 0 amide bonds. The van der Waals surface area contributed by atoms with E-state index in [9.17, 15) is 0 Å². The molecule has 0 bridgehead atoms. The number of oxazole rings is 1. The lowest BCUT2D eigenvalue weighted by atomic mass is 10.3. The van der Waals surface area contributed by atoms with E-state index in [2.05, 4.69) is 25.6 Å². The second kappa shape index (κ2) is 9.39. The topological polar surface area (TPSA) is 75.3 Å². The van der Waals surface area contributed by atoms with Crippen LogP contribution in [-0.2, 0) is 13.1 Å². The number of pyridine rings is 1. The molecule has 0 saturated heterocycles. The lowest BCUT2D eigenvalue weighted by Gasteiger charge is -2.09. The number of nitrogens with zero attached hydrogens (tertiary/aromatic N) is 3. The van der Waals surface area contributed by atoms with Crippen molar-refractivity contribution in [3.63, 3.8) is 0 Å². The van der Waals surface area contributed by atoms with Gasteiger partial charge in [0.15, 0.2) is 5.96 Å². The zero-order valence-corrected chi connectivity index (χ0v) is 15.4. The van der Waals surface area contributed by atoms with Gasteiger partial charge in [-0.25, -0.2) is 9.98 Å². The van der Waals surface area contributed by atoms with Gasteiger partial charge in [0.1, 0.15) is 5.76 Å². The van der Waals surface area contributed by atoms with E-state index in [-0.39, 0.29) is 24.0 Å². The molecular weight excluding hydrogens is 393 g/mol. The van der Waals surface area contributed by atoms with E-state index in [1.165, 1.54) is 0 Å². The van der Waals surface area contributed by atoms with Crippen molar-refractivity contribution in [3.8, 4) is 0 Å². The van der Waals surface area contributed by atoms with E-state index in [4.69, 9.17) is 4.42 Å². The third-order valence-electron chi connectivity index (χ3n) is 2.95. The molecule has 2 aromatic heterocycles. The molecule has 0 aliphatic heterocycles. The smallest absolute Gasteiger partial charge is 0.214 e. The Labute approximate surface area is 147 Å². The molecule has 0 aliphatic rings. The Morgan fingerprint density at radius 3 is 2.68 bits per heavy atom. The Hall–Kier alpha value is -1.64. The summed E-state index contributed by atoms with van der Waals surface area (Å²) in [5, 5.41) is 6.39. The van der Waals surface area contributed by atoms with Crippen LogP contribution in [-0.4, -0.2) is 22.5 Å². The summed E-state index contributed by atoms with van der Waals surface area (Å²) < 4.78 is 5.54. The molecule has 120 valence electrons. The first-order chi connectivity index (χ1) is 10.2. The zero-order chi connectivity index (χ0) is 15.1. The number of aryl methyl sites for hydroxylation is 2. The van der Waals surface area contributed by atoms with Gasteiger partial charge in [-0.1, -0.05) is 6.07 Å². The second-order valence-corrected chi connectivity index (χ2v) is 4.62. The van der Waals surface area contributed by atoms with Gasteiger partial charge in [-0.2, -0.15) is 0 Å². The van der Waals surface area contributed by atoms with Gasteiger partial charge < -0.3 is 15.1 Å². The van der Waals surface area contributed by atoms with Crippen LogP contribution in [0.2, 0.25) is 0 Å².